The van der Waals surface area contributed by atoms with E-state index in [0.29, 0.717) is 36.5 Å². The van der Waals surface area contributed by atoms with E-state index in [1.54, 1.807) is 24.3 Å². The Balaban J connectivity index is 1.53. The molecule has 30 heavy (non-hydrogen) atoms. The minimum Gasteiger partial charge on any atom is -0.495 e. The van der Waals surface area contributed by atoms with Crippen molar-refractivity contribution >= 4 is 21.6 Å². The van der Waals surface area contributed by atoms with Crippen molar-refractivity contribution in [2.75, 3.05) is 25.5 Å². The first-order valence-corrected chi connectivity index (χ1v) is 11.6. The third kappa shape index (κ3) is 4.06. The van der Waals surface area contributed by atoms with Crippen LogP contribution in [-0.2, 0) is 14.8 Å². The third-order valence-electron chi connectivity index (χ3n) is 5.81. The van der Waals surface area contributed by atoms with Crippen molar-refractivity contribution in [3.05, 3.63) is 53.8 Å². The number of ether oxygens (including phenoxy) is 1. The van der Waals surface area contributed by atoms with Crippen LogP contribution < -0.4 is 10.1 Å². The Kier molecular flexibility index (Phi) is 5.79. The van der Waals surface area contributed by atoms with Gasteiger partial charge in [-0.15, -0.1) is 0 Å². The van der Waals surface area contributed by atoms with Crippen LogP contribution >= 0.6 is 0 Å². The van der Waals surface area contributed by atoms with Gasteiger partial charge in [-0.25, -0.2) is 12.8 Å². The number of carbonyl (C=O) groups is 1. The molecule has 2 aliphatic rings. The molecule has 1 aliphatic heterocycles. The van der Waals surface area contributed by atoms with Crippen molar-refractivity contribution in [1.82, 2.24) is 4.31 Å². The van der Waals surface area contributed by atoms with E-state index >= 15 is 0 Å². The van der Waals surface area contributed by atoms with Gasteiger partial charge >= 0.3 is 0 Å². The summed E-state index contributed by atoms with van der Waals surface area (Å²) in [6.07, 6.45) is 3.28. The summed E-state index contributed by atoms with van der Waals surface area (Å²) in [4.78, 5) is 12.9. The average molecular weight is 433 g/mol. The zero-order valence-corrected chi connectivity index (χ0v) is 17.6. The summed E-state index contributed by atoms with van der Waals surface area (Å²) >= 11 is 0. The summed E-state index contributed by atoms with van der Waals surface area (Å²) in [6.45, 7) is 1.00. The summed E-state index contributed by atoms with van der Waals surface area (Å²) in [6, 6.07) is 11.0. The quantitative estimate of drug-likeness (QED) is 0.754. The van der Waals surface area contributed by atoms with Crippen molar-refractivity contribution in [2.45, 2.75) is 36.5 Å². The van der Waals surface area contributed by atoms with Crippen LogP contribution in [0.15, 0.2) is 47.4 Å². The van der Waals surface area contributed by atoms with Crippen LogP contribution in [0.25, 0.3) is 0 Å². The third-order valence-corrected chi connectivity index (χ3v) is 7.71. The fraction of sp³-hybridized carbons (Fsp3) is 0.409. The largest absolute Gasteiger partial charge is 0.495 e. The molecule has 1 saturated carbocycles. The molecule has 1 aliphatic carbocycles. The van der Waals surface area contributed by atoms with Gasteiger partial charge < -0.3 is 10.1 Å². The Morgan fingerprint density at radius 3 is 2.57 bits per heavy atom. The molecule has 1 N–H and O–H groups in total. The van der Waals surface area contributed by atoms with E-state index in [9.17, 15) is 17.6 Å². The lowest BCUT2D eigenvalue weighted by atomic mass is 10.1. The molecule has 2 atom stereocenters. The first-order chi connectivity index (χ1) is 14.4. The molecule has 1 amide bonds. The van der Waals surface area contributed by atoms with Gasteiger partial charge in [0.1, 0.15) is 11.6 Å². The van der Waals surface area contributed by atoms with Crippen LogP contribution in [0, 0.1) is 11.7 Å². The van der Waals surface area contributed by atoms with Crippen LogP contribution in [0.3, 0.4) is 0 Å². The van der Waals surface area contributed by atoms with E-state index in [2.05, 4.69) is 5.32 Å². The number of methoxy groups -OCH3 is 1. The van der Waals surface area contributed by atoms with Gasteiger partial charge in [-0.3, -0.25) is 4.79 Å². The zero-order chi connectivity index (χ0) is 21.3. The van der Waals surface area contributed by atoms with Gasteiger partial charge in [-0.05, 0) is 55.0 Å². The number of sulfonamides is 1. The molecule has 6 nitrogen and oxygen atoms in total. The van der Waals surface area contributed by atoms with Crippen LogP contribution in [0.5, 0.6) is 5.75 Å². The van der Waals surface area contributed by atoms with Crippen molar-refractivity contribution in [1.29, 1.82) is 0 Å². The van der Waals surface area contributed by atoms with E-state index in [0.717, 1.165) is 19.3 Å². The SMILES string of the molecule is COc1ccc(S(=O)(=O)N2CCCCC2)cc1NC(=O)C1CC1c1ccccc1F. The van der Waals surface area contributed by atoms with Gasteiger partial charge in [0.2, 0.25) is 15.9 Å². The lowest BCUT2D eigenvalue weighted by Gasteiger charge is -2.26. The van der Waals surface area contributed by atoms with E-state index in [-0.39, 0.29) is 28.5 Å². The van der Waals surface area contributed by atoms with Gasteiger partial charge in [0.25, 0.3) is 0 Å². The molecule has 0 spiro atoms. The summed E-state index contributed by atoms with van der Waals surface area (Å²) in [7, 11) is -2.17. The van der Waals surface area contributed by atoms with Crippen molar-refractivity contribution in [3.63, 3.8) is 0 Å². The van der Waals surface area contributed by atoms with Crippen LogP contribution in [0.2, 0.25) is 0 Å². The first-order valence-electron chi connectivity index (χ1n) is 10.2. The molecule has 0 aromatic heterocycles. The molecular formula is C22H25FN2O4S. The maximum atomic E-state index is 14.0. The van der Waals surface area contributed by atoms with Crippen molar-refractivity contribution < 1.29 is 22.3 Å². The predicted molar refractivity (Wildman–Crippen MR) is 111 cm³/mol. The molecule has 2 aromatic rings. The Bertz CT molecular complexity index is 1050. The van der Waals surface area contributed by atoms with Gasteiger partial charge in [0.05, 0.1) is 17.7 Å². The Labute approximate surface area is 176 Å². The molecule has 1 heterocycles. The highest BCUT2D eigenvalue weighted by molar-refractivity contribution is 7.89. The highest BCUT2D eigenvalue weighted by Crippen LogP contribution is 2.49. The minimum absolute atomic E-state index is 0.127. The number of rotatable bonds is 6. The number of piperidine rings is 1. The molecule has 160 valence electrons. The monoisotopic (exact) mass is 432 g/mol. The Morgan fingerprint density at radius 1 is 1.13 bits per heavy atom. The number of amides is 1. The molecule has 2 aromatic carbocycles. The average Bonchev–Trinajstić information content (AvgIpc) is 3.55. The number of benzene rings is 2. The summed E-state index contributed by atoms with van der Waals surface area (Å²) < 4.78 is 46.7. The molecule has 2 unspecified atom stereocenters. The summed E-state index contributed by atoms with van der Waals surface area (Å²) in [5.74, 6) is -0.727. The molecule has 8 heteroatoms. The van der Waals surface area contributed by atoms with E-state index in [4.69, 9.17) is 4.74 Å². The van der Waals surface area contributed by atoms with Crippen LogP contribution in [-0.4, -0.2) is 38.8 Å². The van der Waals surface area contributed by atoms with E-state index in [1.807, 2.05) is 0 Å². The summed E-state index contributed by atoms with van der Waals surface area (Å²) in [5, 5.41) is 2.79. The molecule has 0 bridgehead atoms. The molecule has 4 rings (SSSR count). The lowest BCUT2D eigenvalue weighted by Crippen LogP contribution is -2.35. The first kappa shape index (κ1) is 20.8. The van der Waals surface area contributed by atoms with Crippen molar-refractivity contribution in [2.24, 2.45) is 5.92 Å². The lowest BCUT2D eigenvalue weighted by molar-refractivity contribution is -0.117. The second kappa shape index (κ2) is 8.35. The number of nitrogens with zero attached hydrogens (tertiary/aromatic N) is 1. The highest BCUT2D eigenvalue weighted by Gasteiger charge is 2.45. The summed E-state index contributed by atoms with van der Waals surface area (Å²) in [5.41, 5.74) is 0.839. The molecule has 0 radical (unpaired) electrons. The van der Waals surface area contributed by atoms with E-state index in [1.165, 1.54) is 29.6 Å². The zero-order valence-electron chi connectivity index (χ0n) is 16.8. The fourth-order valence-electron chi connectivity index (χ4n) is 4.03. The highest BCUT2D eigenvalue weighted by atomic mass is 32.2. The minimum atomic E-state index is -3.63. The topological polar surface area (TPSA) is 75.7 Å². The number of anilines is 1. The maximum Gasteiger partial charge on any atom is 0.243 e. The van der Waals surface area contributed by atoms with Crippen molar-refractivity contribution in [3.8, 4) is 5.75 Å². The number of hydrogen-bond acceptors (Lipinski definition) is 4. The van der Waals surface area contributed by atoms with Crippen LogP contribution in [0.4, 0.5) is 10.1 Å². The number of nitrogens with one attached hydrogen (secondary N) is 1. The second-order valence-corrected chi connectivity index (χ2v) is 9.72. The van der Waals surface area contributed by atoms with Crippen LogP contribution in [0.1, 0.15) is 37.2 Å². The number of carbonyl (C=O) groups excluding carboxylic acids is 1. The number of halogens is 1. The molecular weight excluding hydrogens is 407 g/mol. The normalized spacial score (nSPS) is 21.8. The van der Waals surface area contributed by atoms with Gasteiger partial charge in [-0.1, -0.05) is 24.6 Å². The molecule has 2 fully saturated rings. The Hall–Kier alpha value is -2.45. The van der Waals surface area contributed by atoms with Gasteiger partial charge in [0.15, 0.2) is 0 Å². The Morgan fingerprint density at radius 2 is 1.87 bits per heavy atom. The predicted octanol–water partition coefficient (Wildman–Crippen LogP) is 3.75. The second-order valence-electron chi connectivity index (χ2n) is 7.79. The molecule has 1 saturated heterocycles. The standard InChI is InChI=1S/C22H25FN2O4S/c1-29-21-10-9-15(30(27,28)25-11-5-2-6-12-25)13-20(21)24-22(26)18-14-17(18)16-7-3-4-8-19(16)23/h3-4,7-10,13,17-18H,2,5-6,11-12,14H2,1H3,(H,24,26). The number of hydrogen-bond donors (Lipinski definition) is 1. The smallest absolute Gasteiger partial charge is 0.243 e. The van der Waals surface area contributed by atoms with Gasteiger partial charge in [0, 0.05) is 19.0 Å². The maximum absolute atomic E-state index is 14.0. The van der Waals surface area contributed by atoms with Gasteiger partial charge in [-0.2, -0.15) is 4.31 Å². The van der Waals surface area contributed by atoms with E-state index < -0.39 is 10.0 Å². The fourth-order valence-corrected chi connectivity index (χ4v) is 5.57.